The number of carbonyl (C=O) groups is 1. The summed E-state index contributed by atoms with van der Waals surface area (Å²) in [6.45, 7) is 2.09. The standard InChI is InChI=1S/C17H20F2N4O4S/c1-11-20-16(21-27-11)10-22(2)17(24)12-5-7-23(8-6-12)28(25,26)13-3-4-14(18)15(19)9-13/h3-4,9,12H,5-8,10H2,1-2H3. The Morgan fingerprint density at radius 1 is 1.29 bits per heavy atom. The summed E-state index contributed by atoms with van der Waals surface area (Å²) in [6.07, 6.45) is 0.661. The molecule has 152 valence electrons. The number of amides is 1. The molecule has 0 atom stereocenters. The van der Waals surface area contributed by atoms with Crippen LogP contribution < -0.4 is 0 Å². The van der Waals surface area contributed by atoms with Crippen molar-refractivity contribution in [1.29, 1.82) is 0 Å². The highest BCUT2D eigenvalue weighted by Gasteiger charge is 2.33. The Labute approximate surface area is 161 Å². The van der Waals surface area contributed by atoms with Gasteiger partial charge in [0.2, 0.25) is 21.8 Å². The zero-order chi connectivity index (χ0) is 20.5. The lowest BCUT2D eigenvalue weighted by Gasteiger charge is -2.32. The molecule has 2 heterocycles. The molecule has 0 aliphatic carbocycles. The zero-order valence-corrected chi connectivity index (χ0v) is 16.2. The maximum atomic E-state index is 13.4. The van der Waals surface area contributed by atoms with Gasteiger partial charge in [0, 0.05) is 33.0 Å². The van der Waals surface area contributed by atoms with Gasteiger partial charge in [-0.25, -0.2) is 17.2 Å². The van der Waals surface area contributed by atoms with Crippen molar-refractivity contribution in [2.24, 2.45) is 5.92 Å². The van der Waals surface area contributed by atoms with Crippen LogP contribution >= 0.6 is 0 Å². The summed E-state index contributed by atoms with van der Waals surface area (Å²) in [6, 6.07) is 2.49. The molecule has 0 radical (unpaired) electrons. The third-order valence-corrected chi connectivity index (χ3v) is 6.55. The second-order valence-corrected chi connectivity index (χ2v) is 8.62. The molecule has 0 N–H and O–H groups in total. The third kappa shape index (κ3) is 4.20. The first-order valence-corrected chi connectivity index (χ1v) is 10.1. The van der Waals surface area contributed by atoms with Gasteiger partial charge < -0.3 is 9.42 Å². The molecule has 1 aromatic heterocycles. The summed E-state index contributed by atoms with van der Waals surface area (Å²) >= 11 is 0. The van der Waals surface area contributed by atoms with Crippen LogP contribution in [0.4, 0.5) is 8.78 Å². The fourth-order valence-corrected chi connectivity index (χ4v) is 4.62. The summed E-state index contributed by atoms with van der Waals surface area (Å²) in [4.78, 5) is 17.8. The highest BCUT2D eigenvalue weighted by Crippen LogP contribution is 2.26. The molecule has 0 saturated carbocycles. The lowest BCUT2D eigenvalue weighted by molar-refractivity contribution is -0.136. The van der Waals surface area contributed by atoms with E-state index in [0.717, 1.165) is 12.1 Å². The summed E-state index contributed by atoms with van der Waals surface area (Å²) in [7, 11) is -2.32. The van der Waals surface area contributed by atoms with Gasteiger partial charge in [-0.15, -0.1) is 0 Å². The van der Waals surface area contributed by atoms with E-state index in [4.69, 9.17) is 4.52 Å². The van der Waals surface area contributed by atoms with Gasteiger partial charge in [-0.1, -0.05) is 5.16 Å². The molecular formula is C17H20F2N4O4S. The topological polar surface area (TPSA) is 96.6 Å². The van der Waals surface area contributed by atoms with Crippen LogP contribution in [0.1, 0.15) is 24.6 Å². The Balaban J connectivity index is 1.61. The molecular weight excluding hydrogens is 394 g/mol. The predicted molar refractivity (Wildman–Crippen MR) is 93.3 cm³/mol. The van der Waals surface area contributed by atoms with E-state index in [9.17, 15) is 22.0 Å². The minimum atomic E-state index is -3.95. The number of sulfonamides is 1. The molecule has 1 aromatic carbocycles. The Bertz CT molecular complexity index is 971. The van der Waals surface area contributed by atoms with Gasteiger partial charge in [-0.3, -0.25) is 4.79 Å². The Morgan fingerprint density at radius 3 is 2.54 bits per heavy atom. The van der Waals surface area contributed by atoms with Crippen LogP contribution in [0.25, 0.3) is 0 Å². The minimum Gasteiger partial charge on any atom is -0.340 e. The van der Waals surface area contributed by atoms with Crippen molar-refractivity contribution in [2.75, 3.05) is 20.1 Å². The molecule has 2 aromatic rings. The summed E-state index contributed by atoms with van der Waals surface area (Å²) in [5, 5.41) is 3.75. The van der Waals surface area contributed by atoms with Crippen molar-refractivity contribution in [3.05, 3.63) is 41.5 Å². The Morgan fingerprint density at radius 2 is 1.96 bits per heavy atom. The van der Waals surface area contributed by atoms with Crippen molar-refractivity contribution in [1.82, 2.24) is 19.3 Å². The van der Waals surface area contributed by atoms with Crippen molar-refractivity contribution >= 4 is 15.9 Å². The maximum Gasteiger partial charge on any atom is 0.243 e. The van der Waals surface area contributed by atoms with E-state index in [-0.39, 0.29) is 36.4 Å². The largest absolute Gasteiger partial charge is 0.340 e. The number of hydrogen-bond acceptors (Lipinski definition) is 6. The van der Waals surface area contributed by atoms with Crippen molar-refractivity contribution in [2.45, 2.75) is 31.2 Å². The van der Waals surface area contributed by atoms with Gasteiger partial charge in [0.25, 0.3) is 0 Å². The number of carbonyl (C=O) groups excluding carboxylic acids is 1. The molecule has 1 fully saturated rings. The number of piperidine rings is 1. The smallest absolute Gasteiger partial charge is 0.243 e. The van der Waals surface area contributed by atoms with Crippen molar-refractivity contribution in [3.63, 3.8) is 0 Å². The highest BCUT2D eigenvalue weighted by molar-refractivity contribution is 7.89. The van der Waals surface area contributed by atoms with E-state index in [0.29, 0.717) is 30.6 Å². The summed E-state index contributed by atoms with van der Waals surface area (Å²) < 4.78 is 57.8. The van der Waals surface area contributed by atoms with E-state index in [1.807, 2.05) is 0 Å². The van der Waals surface area contributed by atoms with Crippen molar-refractivity contribution < 1.29 is 26.5 Å². The van der Waals surface area contributed by atoms with E-state index in [2.05, 4.69) is 10.1 Å². The van der Waals surface area contributed by atoms with Gasteiger partial charge in [0.05, 0.1) is 11.4 Å². The Hall–Kier alpha value is -2.40. The van der Waals surface area contributed by atoms with E-state index >= 15 is 0 Å². The van der Waals surface area contributed by atoms with Gasteiger partial charge in [0.1, 0.15) is 0 Å². The molecule has 3 rings (SSSR count). The second kappa shape index (κ2) is 7.92. The normalized spacial score (nSPS) is 16.3. The summed E-state index contributed by atoms with van der Waals surface area (Å²) in [5.41, 5.74) is 0. The minimum absolute atomic E-state index is 0.118. The lowest BCUT2D eigenvalue weighted by Crippen LogP contribution is -2.43. The average molecular weight is 414 g/mol. The summed E-state index contributed by atoms with van der Waals surface area (Å²) in [5.74, 6) is -1.99. The molecule has 1 aliphatic heterocycles. The third-order valence-electron chi connectivity index (χ3n) is 4.66. The first-order valence-electron chi connectivity index (χ1n) is 8.68. The fraction of sp³-hybridized carbons (Fsp3) is 0.471. The van der Waals surface area contributed by atoms with Crippen molar-refractivity contribution in [3.8, 4) is 0 Å². The number of rotatable bonds is 5. The molecule has 11 heteroatoms. The highest BCUT2D eigenvalue weighted by atomic mass is 32.2. The molecule has 0 unspecified atom stereocenters. The predicted octanol–water partition coefficient (Wildman–Crippen LogP) is 1.72. The van der Waals surface area contributed by atoms with Crippen LogP contribution in [0.3, 0.4) is 0 Å². The molecule has 1 saturated heterocycles. The van der Waals surface area contributed by atoms with Gasteiger partial charge in [-0.05, 0) is 31.0 Å². The van der Waals surface area contributed by atoms with E-state index < -0.39 is 21.7 Å². The van der Waals surface area contributed by atoms with Gasteiger partial charge in [0.15, 0.2) is 17.5 Å². The van der Waals surface area contributed by atoms with Crippen LogP contribution in [0.2, 0.25) is 0 Å². The lowest BCUT2D eigenvalue weighted by atomic mass is 9.97. The van der Waals surface area contributed by atoms with Crippen LogP contribution in [-0.2, 0) is 21.4 Å². The molecule has 0 spiro atoms. The van der Waals surface area contributed by atoms with Crippen LogP contribution in [0.15, 0.2) is 27.6 Å². The quantitative estimate of drug-likeness (QED) is 0.739. The number of halogens is 2. The molecule has 1 aliphatic rings. The molecule has 28 heavy (non-hydrogen) atoms. The number of aryl methyl sites for hydroxylation is 1. The van der Waals surface area contributed by atoms with Crippen LogP contribution in [-0.4, -0.2) is 53.8 Å². The number of hydrogen-bond donors (Lipinski definition) is 0. The number of nitrogens with zero attached hydrogens (tertiary/aromatic N) is 4. The number of aromatic nitrogens is 2. The molecule has 1 amide bonds. The van der Waals surface area contributed by atoms with E-state index in [1.54, 1.807) is 14.0 Å². The molecule has 8 nitrogen and oxygen atoms in total. The zero-order valence-electron chi connectivity index (χ0n) is 15.4. The second-order valence-electron chi connectivity index (χ2n) is 6.68. The Kier molecular flexibility index (Phi) is 5.75. The molecule has 0 bridgehead atoms. The van der Waals surface area contributed by atoms with Crippen LogP contribution in [0, 0.1) is 24.5 Å². The monoisotopic (exact) mass is 414 g/mol. The van der Waals surface area contributed by atoms with Gasteiger partial charge in [-0.2, -0.15) is 9.29 Å². The first kappa shape index (κ1) is 20.3. The van der Waals surface area contributed by atoms with E-state index in [1.165, 1.54) is 9.21 Å². The number of benzene rings is 1. The fourth-order valence-electron chi connectivity index (χ4n) is 3.14. The maximum absolute atomic E-state index is 13.4. The van der Waals surface area contributed by atoms with Crippen LogP contribution in [0.5, 0.6) is 0 Å². The average Bonchev–Trinajstić information content (AvgIpc) is 3.08. The van der Waals surface area contributed by atoms with Gasteiger partial charge >= 0.3 is 0 Å². The SMILES string of the molecule is Cc1nc(CN(C)C(=O)C2CCN(S(=O)(=O)c3ccc(F)c(F)c3)CC2)no1. The first-order chi connectivity index (χ1) is 13.2.